The van der Waals surface area contributed by atoms with Crippen molar-refractivity contribution in [2.75, 3.05) is 27.2 Å². The van der Waals surface area contributed by atoms with E-state index in [1.165, 1.54) is 5.01 Å². The summed E-state index contributed by atoms with van der Waals surface area (Å²) in [5.41, 5.74) is 0.349. The van der Waals surface area contributed by atoms with Crippen LogP contribution in [0.5, 0.6) is 0 Å². The van der Waals surface area contributed by atoms with Crippen LogP contribution in [0.15, 0.2) is 5.10 Å². The molecule has 0 saturated carbocycles. The molecule has 6 heteroatoms. The number of hydrazone groups is 1. The fraction of sp³-hybridized carbons (Fsp3) is 0.769. The molecule has 1 rings (SSSR count). The molecule has 0 amide bonds. The number of hydrogen-bond donors (Lipinski definition) is 1. The average Bonchev–Trinajstić information content (AvgIpc) is 2.75. The van der Waals surface area contributed by atoms with Crippen molar-refractivity contribution in [2.45, 2.75) is 33.2 Å². The van der Waals surface area contributed by atoms with Crippen LogP contribution in [-0.2, 0) is 14.3 Å². The molecule has 1 N–H and O–H groups in total. The summed E-state index contributed by atoms with van der Waals surface area (Å²) in [4.78, 5) is 22.7. The molecule has 0 aromatic rings. The van der Waals surface area contributed by atoms with Crippen molar-refractivity contribution in [1.82, 2.24) is 10.3 Å². The van der Waals surface area contributed by atoms with Gasteiger partial charge in [0.25, 0.3) is 0 Å². The Morgan fingerprint density at radius 3 is 2.63 bits per heavy atom. The molecular formula is C13H25N3O3. The minimum atomic E-state index is -0.426. The molecule has 1 heterocycles. The van der Waals surface area contributed by atoms with E-state index in [2.05, 4.69) is 10.4 Å². The Hall–Kier alpha value is -1.43. The van der Waals surface area contributed by atoms with Crippen LogP contribution in [0.3, 0.4) is 0 Å². The number of carbonyl (C=O) groups is 2. The molecule has 0 fully saturated rings. The van der Waals surface area contributed by atoms with Gasteiger partial charge in [-0.2, -0.15) is 5.10 Å². The van der Waals surface area contributed by atoms with Crippen molar-refractivity contribution in [2.24, 2.45) is 11.0 Å². The summed E-state index contributed by atoms with van der Waals surface area (Å²) in [5.74, 6) is -0.617. The Balaban J connectivity index is 0.00000154. The first-order chi connectivity index (χ1) is 9.15. The third-order valence-electron chi connectivity index (χ3n) is 2.79. The Morgan fingerprint density at radius 1 is 1.53 bits per heavy atom. The lowest BCUT2D eigenvalue weighted by molar-refractivity contribution is -0.135. The van der Waals surface area contributed by atoms with Gasteiger partial charge in [-0.3, -0.25) is 5.01 Å². The smallest absolute Gasteiger partial charge is 0.354 e. The standard InChI is InChI=1S/C11H19N3O3.C2H6/c1-4-17-11(16)10-8(5-6-12-2)9(7-15)14(3)13-10;1-2/h7-9,12H,4-6H2,1-3H3;1-2H3. The molecule has 0 aromatic heterocycles. The van der Waals surface area contributed by atoms with Crippen LogP contribution in [0, 0.1) is 5.92 Å². The number of ether oxygens (including phenoxy) is 1. The Bertz CT molecular complexity index is 318. The summed E-state index contributed by atoms with van der Waals surface area (Å²) in [6.45, 7) is 6.78. The molecular weight excluding hydrogens is 246 g/mol. The van der Waals surface area contributed by atoms with Crippen molar-refractivity contribution in [3.63, 3.8) is 0 Å². The quantitative estimate of drug-likeness (QED) is 0.568. The van der Waals surface area contributed by atoms with Crippen LogP contribution in [-0.4, -0.2) is 56.3 Å². The van der Waals surface area contributed by atoms with Crippen LogP contribution in [0.2, 0.25) is 0 Å². The average molecular weight is 271 g/mol. The van der Waals surface area contributed by atoms with Gasteiger partial charge in [0, 0.05) is 13.0 Å². The first-order valence-corrected chi connectivity index (χ1v) is 6.74. The molecule has 0 bridgehead atoms. The summed E-state index contributed by atoms with van der Waals surface area (Å²) in [6.07, 6.45) is 1.51. The van der Waals surface area contributed by atoms with Gasteiger partial charge in [-0.05, 0) is 26.9 Å². The highest BCUT2D eigenvalue weighted by Gasteiger charge is 2.39. The third kappa shape index (κ3) is 4.63. The number of likely N-dealkylation sites (N-methyl/N-ethyl adjacent to an activating group) is 1. The number of esters is 1. The molecule has 2 atom stereocenters. The minimum absolute atomic E-state index is 0.191. The summed E-state index contributed by atoms with van der Waals surface area (Å²) >= 11 is 0. The molecule has 1 aliphatic rings. The van der Waals surface area contributed by atoms with Crippen molar-refractivity contribution >= 4 is 18.0 Å². The topological polar surface area (TPSA) is 71.0 Å². The normalized spacial score (nSPS) is 21.3. The van der Waals surface area contributed by atoms with E-state index in [-0.39, 0.29) is 12.0 Å². The number of carbonyl (C=O) groups excluding carboxylic acids is 2. The van der Waals surface area contributed by atoms with E-state index in [1.807, 2.05) is 20.9 Å². The van der Waals surface area contributed by atoms with Gasteiger partial charge in [0.15, 0.2) is 5.71 Å². The third-order valence-corrected chi connectivity index (χ3v) is 2.79. The van der Waals surface area contributed by atoms with Gasteiger partial charge in [-0.25, -0.2) is 4.79 Å². The molecule has 110 valence electrons. The van der Waals surface area contributed by atoms with Crippen molar-refractivity contribution in [3.05, 3.63) is 0 Å². The van der Waals surface area contributed by atoms with Crippen molar-refractivity contribution < 1.29 is 14.3 Å². The second-order valence-electron chi connectivity index (χ2n) is 3.90. The molecule has 2 unspecified atom stereocenters. The number of rotatable bonds is 6. The van der Waals surface area contributed by atoms with Crippen LogP contribution in [0.25, 0.3) is 0 Å². The summed E-state index contributed by atoms with van der Waals surface area (Å²) in [7, 11) is 3.52. The summed E-state index contributed by atoms with van der Waals surface area (Å²) in [5, 5.41) is 8.64. The largest absolute Gasteiger partial charge is 0.461 e. The minimum Gasteiger partial charge on any atom is -0.461 e. The second-order valence-corrected chi connectivity index (χ2v) is 3.90. The molecule has 0 aromatic carbocycles. The molecule has 19 heavy (non-hydrogen) atoms. The van der Waals surface area contributed by atoms with E-state index >= 15 is 0 Å². The summed E-state index contributed by atoms with van der Waals surface area (Å²) < 4.78 is 4.94. The summed E-state index contributed by atoms with van der Waals surface area (Å²) in [6, 6.07) is -0.372. The maximum atomic E-state index is 11.7. The van der Waals surface area contributed by atoms with Gasteiger partial charge in [-0.1, -0.05) is 13.8 Å². The zero-order valence-corrected chi connectivity index (χ0v) is 12.5. The number of hydrogen-bond acceptors (Lipinski definition) is 6. The van der Waals surface area contributed by atoms with Gasteiger partial charge in [0.2, 0.25) is 0 Å². The molecule has 6 nitrogen and oxygen atoms in total. The van der Waals surface area contributed by atoms with Crippen LogP contribution in [0.1, 0.15) is 27.2 Å². The first-order valence-electron chi connectivity index (χ1n) is 6.74. The van der Waals surface area contributed by atoms with E-state index in [4.69, 9.17) is 4.74 Å². The monoisotopic (exact) mass is 271 g/mol. The SMILES string of the molecule is CC.CCOC(=O)C1=NN(C)C(C=O)C1CCNC. The van der Waals surface area contributed by atoms with Gasteiger partial charge in [0.05, 0.1) is 6.61 Å². The Kier molecular flexibility index (Phi) is 8.78. The highest BCUT2D eigenvalue weighted by atomic mass is 16.5. The molecule has 0 saturated heterocycles. The maximum Gasteiger partial charge on any atom is 0.354 e. The zero-order chi connectivity index (χ0) is 14.8. The van der Waals surface area contributed by atoms with Crippen LogP contribution in [0.4, 0.5) is 0 Å². The fourth-order valence-corrected chi connectivity index (χ4v) is 1.92. The Morgan fingerprint density at radius 2 is 2.16 bits per heavy atom. The van der Waals surface area contributed by atoms with E-state index in [0.29, 0.717) is 18.7 Å². The predicted octanol–water partition coefficient (Wildman–Crippen LogP) is 0.670. The van der Waals surface area contributed by atoms with Gasteiger partial charge in [0.1, 0.15) is 12.3 Å². The lowest BCUT2D eigenvalue weighted by Crippen LogP contribution is -2.36. The second kappa shape index (κ2) is 9.49. The predicted molar refractivity (Wildman–Crippen MR) is 75.1 cm³/mol. The van der Waals surface area contributed by atoms with E-state index in [9.17, 15) is 9.59 Å². The number of nitrogens with zero attached hydrogens (tertiary/aromatic N) is 2. The van der Waals surface area contributed by atoms with E-state index in [0.717, 1.165) is 12.8 Å². The Labute approximate surface area is 115 Å². The zero-order valence-electron chi connectivity index (χ0n) is 12.5. The van der Waals surface area contributed by atoms with Gasteiger partial charge in [-0.15, -0.1) is 0 Å². The highest BCUT2D eigenvalue weighted by molar-refractivity contribution is 6.38. The van der Waals surface area contributed by atoms with E-state index < -0.39 is 5.97 Å². The maximum absolute atomic E-state index is 11.7. The van der Waals surface area contributed by atoms with Gasteiger partial charge >= 0.3 is 5.97 Å². The van der Waals surface area contributed by atoms with Gasteiger partial charge < -0.3 is 14.8 Å². The fourth-order valence-electron chi connectivity index (χ4n) is 1.92. The molecule has 0 spiro atoms. The van der Waals surface area contributed by atoms with Crippen LogP contribution < -0.4 is 5.32 Å². The molecule has 0 aliphatic carbocycles. The van der Waals surface area contributed by atoms with E-state index in [1.54, 1.807) is 14.0 Å². The molecule has 0 radical (unpaired) electrons. The molecule has 1 aliphatic heterocycles. The first kappa shape index (κ1) is 17.6. The lowest BCUT2D eigenvalue weighted by Gasteiger charge is -2.19. The highest BCUT2D eigenvalue weighted by Crippen LogP contribution is 2.23. The lowest BCUT2D eigenvalue weighted by atomic mass is 9.93. The number of aldehydes is 1. The van der Waals surface area contributed by atoms with Crippen molar-refractivity contribution in [3.8, 4) is 0 Å². The van der Waals surface area contributed by atoms with Crippen LogP contribution >= 0.6 is 0 Å². The van der Waals surface area contributed by atoms with Crippen molar-refractivity contribution in [1.29, 1.82) is 0 Å². The number of nitrogens with one attached hydrogen (secondary N) is 1.